The van der Waals surface area contributed by atoms with Crippen LogP contribution in [0.15, 0.2) is 24.3 Å². The SMILES string of the molecule is COC(=O)C(F)C(=O)c1cccc(C#N)c1. The lowest BCUT2D eigenvalue weighted by atomic mass is 10.0. The van der Waals surface area contributed by atoms with Gasteiger partial charge in [-0.15, -0.1) is 0 Å². The Kier molecular flexibility index (Phi) is 3.72. The molecular formula is C11H8FNO3. The lowest BCUT2D eigenvalue weighted by Gasteiger charge is -2.05. The van der Waals surface area contributed by atoms with Gasteiger partial charge in [0.2, 0.25) is 5.78 Å². The van der Waals surface area contributed by atoms with Gasteiger partial charge in [-0.2, -0.15) is 5.26 Å². The summed E-state index contributed by atoms with van der Waals surface area (Å²) in [5.41, 5.74) is 0.194. The van der Waals surface area contributed by atoms with Crippen molar-refractivity contribution in [2.75, 3.05) is 7.11 Å². The number of Topliss-reactive ketones (excluding diaryl/α,β-unsaturated/α-hetero) is 1. The van der Waals surface area contributed by atoms with Crippen molar-refractivity contribution in [1.82, 2.24) is 0 Å². The molecule has 0 saturated heterocycles. The number of hydrogen-bond acceptors (Lipinski definition) is 4. The number of alkyl halides is 1. The molecule has 82 valence electrons. The minimum atomic E-state index is -2.35. The van der Waals surface area contributed by atoms with Crippen LogP contribution in [0.1, 0.15) is 15.9 Å². The van der Waals surface area contributed by atoms with E-state index >= 15 is 0 Å². The fourth-order valence-corrected chi connectivity index (χ4v) is 1.10. The van der Waals surface area contributed by atoms with E-state index in [-0.39, 0.29) is 11.1 Å². The molecule has 1 unspecified atom stereocenters. The summed E-state index contributed by atoms with van der Waals surface area (Å²) in [6.45, 7) is 0. The number of benzene rings is 1. The van der Waals surface area contributed by atoms with Crippen molar-refractivity contribution in [3.63, 3.8) is 0 Å². The summed E-state index contributed by atoms with van der Waals surface area (Å²) in [6.07, 6.45) is -2.35. The second-order valence-corrected chi connectivity index (χ2v) is 2.94. The van der Waals surface area contributed by atoms with Gasteiger partial charge in [-0.05, 0) is 12.1 Å². The minimum absolute atomic E-state index is 0.0306. The number of carbonyl (C=O) groups is 2. The molecule has 16 heavy (non-hydrogen) atoms. The van der Waals surface area contributed by atoms with Crippen molar-refractivity contribution in [3.05, 3.63) is 35.4 Å². The molecular weight excluding hydrogens is 213 g/mol. The number of nitrogens with zero attached hydrogens (tertiary/aromatic N) is 1. The largest absolute Gasteiger partial charge is 0.467 e. The predicted octanol–water partition coefficient (Wildman–Crippen LogP) is 1.25. The Labute approximate surface area is 91.3 Å². The van der Waals surface area contributed by atoms with E-state index in [0.717, 1.165) is 7.11 Å². The Bertz CT molecular complexity index is 465. The van der Waals surface area contributed by atoms with E-state index in [1.54, 1.807) is 0 Å². The highest BCUT2D eigenvalue weighted by Crippen LogP contribution is 2.10. The zero-order chi connectivity index (χ0) is 12.1. The van der Waals surface area contributed by atoms with E-state index in [1.165, 1.54) is 24.3 Å². The molecule has 0 heterocycles. The van der Waals surface area contributed by atoms with Crippen LogP contribution in [0.5, 0.6) is 0 Å². The lowest BCUT2D eigenvalue weighted by molar-refractivity contribution is -0.144. The van der Waals surface area contributed by atoms with E-state index < -0.39 is 17.9 Å². The second-order valence-electron chi connectivity index (χ2n) is 2.94. The molecule has 4 nitrogen and oxygen atoms in total. The molecule has 1 atom stereocenters. The number of rotatable bonds is 3. The molecule has 0 radical (unpaired) electrons. The van der Waals surface area contributed by atoms with E-state index in [4.69, 9.17) is 5.26 Å². The quantitative estimate of drug-likeness (QED) is 0.437. The van der Waals surface area contributed by atoms with Crippen molar-refractivity contribution in [3.8, 4) is 6.07 Å². The van der Waals surface area contributed by atoms with Crippen LogP contribution in [0, 0.1) is 11.3 Å². The number of esters is 1. The smallest absolute Gasteiger partial charge is 0.348 e. The molecule has 0 spiro atoms. The number of methoxy groups -OCH3 is 1. The molecule has 5 heteroatoms. The highest BCUT2D eigenvalue weighted by Gasteiger charge is 2.27. The van der Waals surface area contributed by atoms with Gasteiger partial charge in [0.15, 0.2) is 0 Å². The topological polar surface area (TPSA) is 67.2 Å². The summed E-state index contributed by atoms with van der Waals surface area (Å²) in [6, 6.07) is 7.28. The summed E-state index contributed by atoms with van der Waals surface area (Å²) >= 11 is 0. The fourth-order valence-electron chi connectivity index (χ4n) is 1.10. The van der Waals surface area contributed by atoms with Gasteiger partial charge in [-0.25, -0.2) is 9.18 Å². The molecule has 0 aliphatic carbocycles. The van der Waals surface area contributed by atoms with Gasteiger partial charge in [-0.3, -0.25) is 4.79 Å². The van der Waals surface area contributed by atoms with Crippen LogP contribution in [-0.2, 0) is 9.53 Å². The standard InChI is InChI=1S/C11H8FNO3/c1-16-11(15)9(12)10(14)8-4-2-3-7(5-8)6-13/h2-5,9H,1H3. The third kappa shape index (κ3) is 2.42. The molecule has 0 aliphatic heterocycles. The number of ether oxygens (including phenoxy) is 1. The summed E-state index contributed by atoms with van der Waals surface area (Å²) in [7, 11) is 0.994. The van der Waals surface area contributed by atoms with Crippen molar-refractivity contribution in [2.45, 2.75) is 6.17 Å². The van der Waals surface area contributed by atoms with Gasteiger partial charge in [0.05, 0.1) is 18.7 Å². The highest BCUT2D eigenvalue weighted by atomic mass is 19.1. The normalized spacial score (nSPS) is 11.3. The van der Waals surface area contributed by atoms with Gasteiger partial charge in [-0.1, -0.05) is 12.1 Å². The number of halogens is 1. The molecule has 1 aromatic carbocycles. The minimum Gasteiger partial charge on any atom is -0.467 e. The van der Waals surface area contributed by atoms with Crippen molar-refractivity contribution < 1.29 is 18.7 Å². The maximum atomic E-state index is 13.2. The first kappa shape index (κ1) is 11.9. The Hall–Kier alpha value is -2.22. The summed E-state index contributed by atoms with van der Waals surface area (Å²) in [5, 5.41) is 8.59. The zero-order valence-corrected chi connectivity index (χ0v) is 8.44. The first-order valence-corrected chi connectivity index (χ1v) is 4.36. The van der Waals surface area contributed by atoms with Crippen molar-refractivity contribution in [1.29, 1.82) is 5.26 Å². The molecule has 1 rings (SSSR count). The van der Waals surface area contributed by atoms with E-state index in [2.05, 4.69) is 4.74 Å². The maximum absolute atomic E-state index is 13.2. The van der Waals surface area contributed by atoms with E-state index in [0.29, 0.717) is 0 Å². The number of nitriles is 1. The fraction of sp³-hybridized carbons (Fsp3) is 0.182. The Morgan fingerprint density at radius 3 is 2.75 bits per heavy atom. The average molecular weight is 221 g/mol. The molecule has 0 aliphatic rings. The lowest BCUT2D eigenvalue weighted by Crippen LogP contribution is -2.26. The van der Waals surface area contributed by atoms with Crippen LogP contribution in [0.2, 0.25) is 0 Å². The van der Waals surface area contributed by atoms with Gasteiger partial charge in [0.25, 0.3) is 6.17 Å². The van der Waals surface area contributed by atoms with Crippen LogP contribution in [0.4, 0.5) is 4.39 Å². The van der Waals surface area contributed by atoms with E-state index in [1.807, 2.05) is 6.07 Å². The summed E-state index contributed by atoms with van der Waals surface area (Å²) < 4.78 is 17.3. The first-order chi connectivity index (χ1) is 7.60. The third-order valence-corrected chi connectivity index (χ3v) is 1.91. The Morgan fingerprint density at radius 2 is 2.19 bits per heavy atom. The van der Waals surface area contributed by atoms with Crippen molar-refractivity contribution >= 4 is 11.8 Å². The zero-order valence-electron chi connectivity index (χ0n) is 8.44. The molecule has 0 amide bonds. The molecule has 0 N–H and O–H groups in total. The van der Waals surface area contributed by atoms with Crippen LogP contribution in [0.25, 0.3) is 0 Å². The predicted molar refractivity (Wildman–Crippen MR) is 52.4 cm³/mol. The summed E-state index contributed by atoms with van der Waals surface area (Å²) in [4.78, 5) is 22.2. The Balaban J connectivity index is 2.97. The molecule has 1 aromatic rings. The van der Waals surface area contributed by atoms with E-state index in [9.17, 15) is 14.0 Å². The molecule has 0 aromatic heterocycles. The van der Waals surface area contributed by atoms with Crippen LogP contribution in [-0.4, -0.2) is 25.0 Å². The monoisotopic (exact) mass is 221 g/mol. The highest BCUT2D eigenvalue weighted by molar-refractivity contribution is 6.11. The third-order valence-electron chi connectivity index (χ3n) is 1.91. The van der Waals surface area contributed by atoms with Crippen molar-refractivity contribution in [2.24, 2.45) is 0 Å². The first-order valence-electron chi connectivity index (χ1n) is 4.36. The second kappa shape index (κ2) is 5.03. The maximum Gasteiger partial charge on any atom is 0.348 e. The van der Waals surface area contributed by atoms with Gasteiger partial charge < -0.3 is 4.74 Å². The van der Waals surface area contributed by atoms with Gasteiger partial charge >= 0.3 is 5.97 Å². The number of ketones is 1. The van der Waals surface area contributed by atoms with Gasteiger partial charge in [0.1, 0.15) is 0 Å². The van der Waals surface area contributed by atoms with Gasteiger partial charge in [0, 0.05) is 5.56 Å². The summed E-state index contributed by atoms with van der Waals surface area (Å²) in [5.74, 6) is -2.25. The molecule has 0 bridgehead atoms. The Morgan fingerprint density at radius 1 is 1.50 bits per heavy atom. The molecule has 0 saturated carbocycles. The molecule has 0 fully saturated rings. The number of hydrogen-bond donors (Lipinski definition) is 0. The van der Waals surface area contributed by atoms with Crippen LogP contribution >= 0.6 is 0 Å². The average Bonchev–Trinajstić information content (AvgIpc) is 2.36. The number of carbonyl (C=O) groups excluding carboxylic acids is 2. The van der Waals surface area contributed by atoms with Crippen LogP contribution < -0.4 is 0 Å². The van der Waals surface area contributed by atoms with Crippen LogP contribution in [0.3, 0.4) is 0 Å².